The number of ether oxygens (including phenoxy) is 2. The lowest BCUT2D eigenvalue weighted by atomic mass is 10.3. The zero-order valence-electron chi connectivity index (χ0n) is 12.7. The molecule has 1 aliphatic rings. The summed E-state index contributed by atoms with van der Waals surface area (Å²) in [7, 11) is 0. The van der Waals surface area contributed by atoms with Crippen molar-refractivity contribution in [3.05, 3.63) is 38.3 Å². The fourth-order valence-electron chi connectivity index (χ4n) is 2.59. The van der Waals surface area contributed by atoms with Gasteiger partial charge in [-0.25, -0.2) is 0 Å². The van der Waals surface area contributed by atoms with E-state index in [9.17, 15) is 4.79 Å². The SMILES string of the molecule is CCn1c(=NC(=O)Cc2ccc(Cl)s2)sc2cc3c(cc21)OCO3. The molecule has 0 radical (unpaired) electrons. The lowest BCUT2D eigenvalue weighted by Crippen LogP contribution is -2.16. The molecule has 8 heteroatoms. The van der Waals surface area contributed by atoms with Gasteiger partial charge in [-0.05, 0) is 19.1 Å². The first-order chi connectivity index (χ1) is 11.6. The molecule has 1 aromatic carbocycles. The van der Waals surface area contributed by atoms with E-state index in [4.69, 9.17) is 21.1 Å². The van der Waals surface area contributed by atoms with Crippen LogP contribution in [-0.4, -0.2) is 17.3 Å². The minimum Gasteiger partial charge on any atom is -0.454 e. The highest BCUT2D eigenvalue weighted by molar-refractivity contribution is 7.16. The number of nitrogens with zero attached hydrogens (tertiary/aromatic N) is 2. The van der Waals surface area contributed by atoms with E-state index >= 15 is 0 Å². The summed E-state index contributed by atoms with van der Waals surface area (Å²) in [6, 6.07) is 7.54. The summed E-state index contributed by atoms with van der Waals surface area (Å²) < 4.78 is 14.6. The molecule has 24 heavy (non-hydrogen) atoms. The van der Waals surface area contributed by atoms with Gasteiger partial charge in [0.05, 0.1) is 21.0 Å². The van der Waals surface area contributed by atoms with Crippen molar-refractivity contribution in [2.45, 2.75) is 19.9 Å². The quantitative estimate of drug-likeness (QED) is 0.693. The smallest absolute Gasteiger partial charge is 0.253 e. The predicted octanol–water partition coefficient (Wildman–Crippen LogP) is 3.84. The van der Waals surface area contributed by atoms with Gasteiger partial charge in [0.15, 0.2) is 16.3 Å². The fraction of sp³-hybridized carbons (Fsp3) is 0.250. The number of aromatic nitrogens is 1. The summed E-state index contributed by atoms with van der Waals surface area (Å²) >= 11 is 8.78. The second kappa shape index (κ2) is 6.23. The Kier molecular flexibility index (Phi) is 4.07. The Balaban J connectivity index is 1.74. The summed E-state index contributed by atoms with van der Waals surface area (Å²) in [6.45, 7) is 2.99. The molecule has 1 aliphatic heterocycles. The summed E-state index contributed by atoms with van der Waals surface area (Å²) in [5.74, 6) is 1.29. The first kappa shape index (κ1) is 15.7. The number of aryl methyl sites for hydroxylation is 1. The first-order valence-electron chi connectivity index (χ1n) is 7.39. The van der Waals surface area contributed by atoms with Crippen LogP contribution >= 0.6 is 34.3 Å². The van der Waals surface area contributed by atoms with Crippen LogP contribution in [0.4, 0.5) is 0 Å². The summed E-state index contributed by atoms with van der Waals surface area (Å²) in [5.41, 5.74) is 0.998. The highest BCUT2D eigenvalue weighted by Crippen LogP contribution is 2.36. The van der Waals surface area contributed by atoms with E-state index in [-0.39, 0.29) is 19.1 Å². The second-order valence-electron chi connectivity index (χ2n) is 5.19. The Labute approximate surface area is 150 Å². The van der Waals surface area contributed by atoms with E-state index in [2.05, 4.69) is 4.99 Å². The van der Waals surface area contributed by atoms with Crippen LogP contribution in [0.25, 0.3) is 10.2 Å². The molecule has 0 saturated heterocycles. The Bertz CT molecular complexity index is 1000. The molecule has 3 aromatic rings. The maximum Gasteiger partial charge on any atom is 0.253 e. The van der Waals surface area contributed by atoms with Gasteiger partial charge in [-0.3, -0.25) is 4.79 Å². The van der Waals surface area contributed by atoms with Crippen molar-refractivity contribution in [2.75, 3.05) is 6.79 Å². The van der Waals surface area contributed by atoms with E-state index in [1.807, 2.05) is 29.7 Å². The number of fused-ring (bicyclic) bond motifs is 2. The average molecular weight is 381 g/mol. The molecular weight excluding hydrogens is 368 g/mol. The van der Waals surface area contributed by atoms with Gasteiger partial charge in [-0.1, -0.05) is 22.9 Å². The molecule has 0 saturated carbocycles. The van der Waals surface area contributed by atoms with Crippen LogP contribution in [0.15, 0.2) is 29.3 Å². The van der Waals surface area contributed by atoms with Crippen molar-refractivity contribution >= 4 is 50.4 Å². The van der Waals surface area contributed by atoms with Gasteiger partial charge < -0.3 is 14.0 Å². The molecule has 0 N–H and O–H groups in total. The van der Waals surface area contributed by atoms with E-state index in [1.165, 1.54) is 22.7 Å². The molecule has 0 atom stereocenters. The normalized spacial score (nSPS) is 13.8. The third-order valence-electron chi connectivity index (χ3n) is 3.67. The van der Waals surface area contributed by atoms with Crippen molar-refractivity contribution < 1.29 is 14.3 Å². The van der Waals surface area contributed by atoms with Crippen molar-refractivity contribution in [1.29, 1.82) is 0 Å². The number of thiazole rings is 1. The first-order valence-corrected chi connectivity index (χ1v) is 9.40. The molecule has 1 amide bonds. The van der Waals surface area contributed by atoms with Gasteiger partial charge in [0.25, 0.3) is 5.91 Å². The number of carbonyl (C=O) groups is 1. The zero-order valence-corrected chi connectivity index (χ0v) is 15.1. The Hall–Kier alpha value is -1.83. The summed E-state index contributed by atoms with van der Waals surface area (Å²) in [4.78, 5) is 18.2. The molecule has 0 unspecified atom stereocenters. The third kappa shape index (κ3) is 2.83. The van der Waals surface area contributed by atoms with Gasteiger partial charge >= 0.3 is 0 Å². The average Bonchev–Trinajstić information content (AvgIpc) is 3.23. The number of amides is 1. The van der Waals surface area contributed by atoms with Gasteiger partial charge in [0.2, 0.25) is 6.79 Å². The molecular formula is C16H13ClN2O3S2. The molecule has 4 rings (SSSR count). The van der Waals surface area contributed by atoms with Gasteiger partial charge in [-0.15, -0.1) is 11.3 Å². The molecule has 5 nitrogen and oxygen atoms in total. The number of hydrogen-bond acceptors (Lipinski definition) is 5. The maximum atomic E-state index is 12.3. The highest BCUT2D eigenvalue weighted by Gasteiger charge is 2.17. The lowest BCUT2D eigenvalue weighted by Gasteiger charge is -2.01. The van der Waals surface area contributed by atoms with Crippen LogP contribution in [0.1, 0.15) is 11.8 Å². The highest BCUT2D eigenvalue weighted by atomic mass is 35.5. The largest absolute Gasteiger partial charge is 0.454 e. The topological polar surface area (TPSA) is 52.8 Å². The van der Waals surface area contributed by atoms with Crippen LogP contribution in [0.5, 0.6) is 11.5 Å². The van der Waals surface area contributed by atoms with Crippen molar-refractivity contribution in [3.8, 4) is 11.5 Å². The standard InChI is InChI=1S/C16H13ClN2O3S2/c1-2-19-10-6-11-12(22-8-21-11)7-13(10)24-16(19)18-15(20)5-9-3-4-14(17)23-9/h3-4,6-7H,2,5,8H2,1H3. The summed E-state index contributed by atoms with van der Waals surface area (Å²) in [5, 5.41) is 0. The van der Waals surface area contributed by atoms with Crippen molar-refractivity contribution in [2.24, 2.45) is 4.99 Å². The number of thiophene rings is 1. The van der Waals surface area contributed by atoms with Crippen molar-refractivity contribution in [3.63, 3.8) is 0 Å². The molecule has 0 fully saturated rings. The minimum absolute atomic E-state index is 0.178. The van der Waals surface area contributed by atoms with E-state index in [0.717, 1.165) is 33.1 Å². The van der Waals surface area contributed by atoms with E-state index < -0.39 is 0 Å². The van der Waals surface area contributed by atoms with Crippen LogP contribution in [0.2, 0.25) is 4.34 Å². The van der Waals surface area contributed by atoms with Crippen LogP contribution < -0.4 is 14.3 Å². The number of benzene rings is 1. The van der Waals surface area contributed by atoms with Gasteiger partial charge in [-0.2, -0.15) is 4.99 Å². The molecule has 2 aromatic heterocycles. The number of hydrogen-bond donors (Lipinski definition) is 0. The lowest BCUT2D eigenvalue weighted by molar-refractivity contribution is -0.117. The van der Waals surface area contributed by atoms with Crippen LogP contribution in [0.3, 0.4) is 0 Å². The zero-order chi connectivity index (χ0) is 16.7. The molecule has 124 valence electrons. The van der Waals surface area contributed by atoms with E-state index in [1.54, 1.807) is 6.07 Å². The Morgan fingerprint density at radius 2 is 2.08 bits per heavy atom. The maximum absolute atomic E-state index is 12.3. The molecule has 0 spiro atoms. The predicted molar refractivity (Wildman–Crippen MR) is 95.2 cm³/mol. The Morgan fingerprint density at radius 1 is 1.29 bits per heavy atom. The van der Waals surface area contributed by atoms with Gasteiger partial charge in [0.1, 0.15) is 0 Å². The van der Waals surface area contributed by atoms with Crippen molar-refractivity contribution in [1.82, 2.24) is 4.57 Å². The monoisotopic (exact) mass is 380 g/mol. The van der Waals surface area contributed by atoms with Crippen LogP contribution in [0, 0.1) is 0 Å². The third-order valence-corrected chi connectivity index (χ3v) is 5.94. The van der Waals surface area contributed by atoms with Gasteiger partial charge in [0, 0.05) is 23.6 Å². The fourth-order valence-corrected chi connectivity index (χ4v) is 4.79. The van der Waals surface area contributed by atoms with Crippen LogP contribution in [-0.2, 0) is 17.8 Å². The number of rotatable bonds is 3. The number of halogens is 1. The minimum atomic E-state index is -0.178. The molecule has 0 bridgehead atoms. The molecule has 3 heterocycles. The molecule has 0 aliphatic carbocycles. The van der Waals surface area contributed by atoms with E-state index in [0.29, 0.717) is 9.14 Å². The summed E-state index contributed by atoms with van der Waals surface area (Å²) in [6.07, 6.45) is 0.262. The number of carbonyl (C=O) groups excluding carboxylic acids is 1. The Morgan fingerprint density at radius 3 is 2.79 bits per heavy atom. The second-order valence-corrected chi connectivity index (χ2v) is 8.00.